The lowest BCUT2D eigenvalue weighted by atomic mass is 10.0. The predicted octanol–water partition coefficient (Wildman–Crippen LogP) is -1.99. The number of fused-ring (bicyclic) bond motifs is 1. The molecule has 1 saturated carbocycles. The second-order valence-electron chi connectivity index (χ2n) is 3.26. The van der Waals surface area contributed by atoms with Crippen LogP contribution >= 0.6 is 0 Å². The Balaban J connectivity index is 2.19. The van der Waals surface area contributed by atoms with Crippen LogP contribution in [0.3, 0.4) is 0 Å². The van der Waals surface area contributed by atoms with Gasteiger partial charge in [0.1, 0.15) is 12.2 Å². The number of aliphatic hydroxyl groups excluding tert-OH is 3. The Bertz CT molecular complexity index is 216. The second kappa shape index (κ2) is 2.50. The zero-order valence-corrected chi connectivity index (χ0v) is 6.25. The fourth-order valence-corrected chi connectivity index (χ4v) is 1.83. The zero-order valence-electron chi connectivity index (χ0n) is 6.25. The number of ketones is 1. The van der Waals surface area contributed by atoms with Gasteiger partial charge in [0.05, 0.1) is 6.10 Å². The molecule has 5 atom stereocenters. The Labute approximate surface area is 68.6 Å². The van der Waals surface area contributed by atoms with Gasteiger partial charge < -0.3 is 20.1 Å². The molecule has 2 fully saturated rings. The van der Waals surface area contributed by atoms with Gasteiger partial charge in [-0.3, -0.25) is 4.79 Å². The van der Waals surface area contributed by atoms with Gasteiger partial charge in [-0.1, -0.05) is 0 Å². The lowest BCUT2D eigenvalue weighted by Gasteiger charge is -2.10. The maximum atomic E-state index is 10.9. The fourth-order valence-electron chi connectivity index (χ4n) is 1.83. The molecule has 2 rings (SSSR count). The SMILES string of the molecule is O=C1C[C@H]2[C@H](OC(O)[C@@H]2O)[C@@H]1O. The highest BCUT2D eigenvalue weighted by molar-refractivity contribution is 5.86. The summed E-state index contributed by atoms with van der Waals surface area (Å²) in [6, 6.07) is 0. The molecule has 1 heterocycles. The van der Waals surface area contributed by atoms with Crippen molar-refractivity contribution in [2.45, 2.75) is 31.0 Å². The van der Waals surface area contributed by atoms with Crippen LogP contribution in [0.4, 0.5) is 0 Å². The Hall–Kier alpha value is -0.490. The Kier molecular flexibility index (Phi) is 1.69. The van der Waals surface area contributed by atoms with E-state index in [0.717, 1.165) is 0 Å². The lowest BCUT2D eigenvalue weighted by Crippen LogP contribution is -2.28. The molecule has 5 nitrogen and oxygen atoms in total. The van der Waals surface area contributed by atoms with Crippen LogP contribution in [0.1, 0.15) is 6.42 Å². The van der Waals surface area contributed by atoms with E-state index in [0.29, 0.717) is 0 Å². The van der Waals surface area contributed by atoms with Crippen molar-refractivity contribution in [2.24, 2.45) is 5.92 Å². The van der Waals surface area contributed by atoms with E-state index in [1.807, 2.05) is 0 Å². The minimum absolute atomic E-state index is 0.0874. The molecule has 0 spiro atoms. The number of hydrogen-bond donors (Lipinski definition) is 3. The molecule has 3 N–H and O–H groups in total. The summed E-state index contributed by atoms with van der Waals surface area (Å²) in [6.07, 6.45) is -4.12. The summed E-state index contributed by atoms with van der Waals surface area (Å²) in [4.78, 5) is 10.9. The molecule has 1 saturated heterocycles. The van der Waals surface area contributed by atoms with Crippen molar-refractivity contribution in [3.63, 3.8) is 0 Å². The number of ether oxygens (including phenoxy) is 1. The first kappa shape index (κ1) is 8.12. The van der Waals surface area contributed by atoms with Crippen molar-refractivity contribution < 1.29 is 24.9 Å². The molecule has 68 valence electrons. The smallest absolute Gasteiger partial charge is 0.181 e. The average molecular weight is 174 g/mol. The van der Waals surface area contributed by atoms with Crippen molar-refractivity contribution in [3.8, 4) is 0 Å². The number of hydrogen-bond acceptors (Lipinski definition) is 5. The third-order valence-corrected chi connectivity index (χ3v) is 2.53. The van der Waals surface area contributed by atoms with E-state index in [9.17, 15) is 15.0 Å². The third kappa shape index (κ3) is 0.910. The van der Waals surface area contributed by atoms with Gasteiger partial charge in [-0.05, 0) is 0 Å². The largest absolute Gasteiger partial charge is 0.387 e. The summed E-state index contributed by atoms with van der Waals surface area (Å²) < 4.78 is 4.81. The molecular formula is C7H10O5. The molecule has 0 aromatic carbocycles. The first-order valence-electron chi connectivity index (χ1n) is 3.83. The van der Waals surface area contributed by atoms with Crippen LogP contribution in [0.25, 0.3) is 0 Å². The van der Waals surface area contributed by atoms with Crippen molar-refractivity contribution in [2.75, 3.05) is 0 Å². The normalized spacial score (nSPS) is 52.9. The van der Waals surface area contributed by atoms with Gasteiger partial charge in [0.2, 0.25) is 0 Å². The van der Waals surface area contributed by atoms with E-state index in [4.69, 9.17) is 9.84 Å². The Morgan fingerprint density at radius 1 is 1.33 bits per heavy atom. The fraction of sp³-hybridized carbons (Fsp3) is 0.857. The predicted molar refractivity (Wildman–Crippen MR) is 36.0 cm³/mol. The molecule has 1 aliphatic heterocycles. The average Bonchev–Trinajstić information content (AvgIpc) is 2.43. The van der Waals surface area contributed by atoms with Crippen LogP contribution in [0.15, 0.2) is 0 Å². The summed E-state index contributed by atoms with van der Waals surface area (Å²) in [5.74, 6) is -0.765. The Morgan fingerprint density at radius 2 is 2.00 bits per heavy atom. The number of carbonyl (C=O) groups excluding carboxylic acids is 1. The van der Waals surface area contributed by atoms with Gasteiger partial charge in [0, 0.05) is 12.3 Å². The van der Waals surface area contributed by atoms with Gasteiger partial charge in [0.25, 0.3) is 0 Å². The van der Waals surface area contributed by atoms with Crippen LogP contribution in [0.5, 0.6) is 0 Å². The highest BCUT2D eigenvalue weighted by Gasteiger charge is 2.53. The quantitative estimate of drug-likeness (QED) is 0.396. The summed E-state index contributed by atoms with van der Waals surface area (Å²) in [6.45, 7) is 0. The maximum Gasteiger partial charge on any atom is 0.181 e. The van der Waals surface area contributed by atoms with E-state index in [2.05, 4.69) is 0 Å². The molecule has 1 unspecified atom stereocenters. The molecular weight excluding hydrogens is 164 g/mol. The number of Topliss-reactive ketones (excluding diaryl/α,β-unsaturated/α-hetero) is 1. The molecule has 1 aliphatic carbocycles. The van der Waals surface area contributed by atoms with Crippen LogP contribution in [-0.2, 0) is 9.53 Å². The number of carbonyl (C=O) groups is 1. The molecule has 12 heavy (non-hydrogen) atoms. The lowest BCUT2D eigenvalue weighted by molar-refractivity contribution is -0.153. The van der Waals surface area contributed by atoms with E-state index in [-0.39, 0.29) is 12.2 Å². The van der Waals surface area contributed by atoms with Gasteiger partial charge in [-0.15, -0.1) is 0 Å². The molecule has 0 aromatic rings. The van der Waals surface area contributed by atoms with E-state index >= 15 is 0 Å². The number of aliphatic hydroxyl groups is 3. The molecule has 0 aromatic heterocycles. The summed E-state index contributed by atoms with van der Waals surface area (Å²) in [5.41, 5.74) is 0. The van der Waals surface area contributed by atoms with Crippen LogP contribution in [0, 0.1) is 5.92 Å². The molecule has 0 radical (unpaired) electrons. The summed E-state index contributed by atoms with van der Waals surface area (Å²) >= 11 is 0. The highest BCUT2D eigenvalue weighted by Crippen LogP contribution is 2.36. The standard InChI is InChI=1S/C7H10O5/c8-3-1-2-4(9)7(11)12-6(2)5(3)10/h2,4-7,9-11H,1H2/t2-,4-,5-,6+,7?/m1/s1. The first-order chi connectivity index (χ1) is 5.61. The second-order valence-corrected chi connectivity index (χ2v) is 3.26. The van der Waals surface area contributed by atoms with Gasteiger partial charge in [0.15, 0.2) is 12.1 Å². The van der Waals surface area contributed by atoms with Gasteiger partial charge in [-0.25, -0.2) is 0 Å². The van der Waals surface area contributed by atoms with Crippen molar-refractivity contribution in [1.82, 2.24) is 0 Å². The van der Waals surface area contributed by atoms with E-state index in [1.165, 1.54) is 0 Å². The van der Waals surface area contributed by atoms with E-state index in [1.54, 1.807) is 0 Å². The summed E-state index contributed by atoms with van der Waals surface area (Å²) in [7, 11) is 0. The zero-order chi connectivity index (χ0) is 8.88. The highest BCUT2D eigenvalue weighted by atomic mass is 16.6. The van der Waals surface area contributed by atoms with Crippen LogP contribution in [-0.4, -0.2) is 45.7 Å². The molecule has 2 aliphatic rings. The van der Waals surface area contributed by atoms with Crippen molar-refractivity contribution >= 4 is 5.78 Å². The maximum absolute atomic E-state index is 10.9. The minimum Gasteiger partial charge on any atom is -0.387 e. The first-order valence-corrected chi connectivity index (χ1v) is 3.83. The molecule has 5 heteroatoms. The van der Waals surface area contributed by atoms with Gasteiger partial charge >= 0.3 is 0 Å². The van der Waals surface area contributed by atoms with Gasteiger partial charge in [-0.2, -0.15) is 0 Å². The van der Waals surface area contributed by atoms with Crippen molar-refractivity contribution in [1.29, 1.82) is 0 Å². The third-order valence-electron chi connectivity index (χ3n) is 2.53. The minimum atomic E-state index is -1.26. The number of rotatable bonds is 0. The van der Waals surface area contributed by atoms with Crippen LogP contribution in [0.2, 0.25) is 0 Å². The van der Waals surface area contributed by atoms with Crippen molar-refractivity contribution in [3.05, 3.63) is 0 Å². The molecule has 0 amide bonds. The topological polar surface area (TPSA) is 87.0 Å². The Morgan fingerprint density at radius 3 is 2.58 bits per heavy atom. The molecule has 0 bridgehead atoms. The van der Waals surface area contributed by atoms with Crippen LogP contribution < -0.4 is 0 Å². The van der Waals surface area contributed by atoms with E-state index < -0.39 is 30.5 Å². The summed E-state index contributed by atoms with van der Waals surface area (Å²) in [5, 5.41) is 27.5. The monoisotopic (exact) mass is 174 g/mol.